The van der Waals surface area contributed by atoms with Gasteiger partial charge in [0.2, 0.25) is 0 Å². The number of hydrogen-bond donors (Lipinski definition) is 1. The van der Waals surface area contributed by atoms with Gasteiger partial charge in [0.1, 0.15) is 11.9 Å². The van der Waals surface area contributed by atoms with E-state index in [-0.39, 0.29) is 23.0 Å². The van der Waals surface area contributed by atoms with Crippen molar-refractivity contribution in [2.45, 2.75) is 12.0 Å². The lowest BCUT2D eigenvalue weighted by atomic mass is 10.00. The van der Waals surface area contributed by atoms with E-state index in [1.165, 1.54) is 0 Å². The van der Waals surface area contributed by atoms with Crippen molar-refractivity contribution in [3.05, 3.63) is 34.6 Å². The number of carbonyl (C=O) groups excluding carboxylic acids is 1. The Bertz CT molecular complexity index is 470. The molecule has 8 heteroatoms. The van der Waals surface area contributed by atoms with Crippen LogP contribution in [0.2, 0.25) is 5.02 Å². The zero-order valence-electron chi connectivity index (χ0n) is 8.75. The molecule has 18 heavy (non-hydrogen) atoms. The Balaban J connectivity index is 0.00000162. The molecule has 1 amide bonds. The first-order valence-electron chi connectivity index (χ1n) is 4.66. The molecule has 1 N–H and O–H groups in total. The smallest absolute Gasteiger partial charge is 0.408 e. The normalized spacial score (nSPS) is 21.6. The number of halogens is 5. The minimum Gasteiger partial charge on any atom is -0.443 e. The molecule has 0 aromatic heterocycles. The van der Waals surface area contributed by atoms with Gasteiger partial charge in [0.05, 0.1) is 0 Å². The molecule has 1 heterocycles. The first-order chi connectivity index (χ1) is 7.90. The third kappa shape index (κ3) is 2.81. The fraction of sp³-hybridized carbons (Fsp3) is 0.300. The third-order valence-electron chi connectivity index (χ3n) is 2.35. The lowest BCUT2D eigenvalue weighted by molar-refractivity contribution is -0.104. The molecule has 3 nitrogen and oxygen atoms in total. The molecule has 1 aromatic rings. The number of benzene rings is 1. The van der Waals surface area contributed by atoms with E-state index in [0.717, 1.165) is 18.2 Å². The van der Waals surface area contributed by atoms with Crippen LogP contribution in [0.4, 0.5) is 18.0 Å². The molecule has 1 aliphatic heterocycles. The Morgan fingerprint density at radius 1 is 1.44 bits per heavy atom. The standard InChI is InChI=1S/C10H7ClF3NO2.ClH/c11-7-2-1-5(12)3-6(7)8-10(13,14)4-17-9(16)15-8;/h1-3,8H,4H2,(H,15,16);1H/t8-;/m0./s1. The topological polar surface area (TPSA) is 38.3 Å². The second-order valence-electron chi connectivity index (χ2n) is 3.58. The Labute approximate surface area is 112 Å². The van der Waals surface area contributed by atoms with E-state index >= 15 is 0 Å². The SMILES string of the molecule is Cl.O=C1N[C@@H](c2cc(F)ccc2Cl)C(F)(F)CO1. The van der Waals surface area contributed by atoms with E-state index in [4.69, 9.17) is 11.6 Å². The molecule has 0 aliphatic carbocycles. The molecule has 0 unspecified atom stereocenters. The molecule has 100 valence electrons. The Morgan fingerprint density at radius 3 is 2.78 bits per heavy atom. The molecule has 1 aromatic carbocycles. The van der Waals surface area contributed by atoms with E-state index in [0.29, 0.717) is 0 Å². The molecule has 0 saturated carbocycles. The molecule has 0 spiro atoms. The second-order valence-corrected chi connectivity index (χ2v) is 3.99. The minimum absolute atomic E-state index is 0. The van der Waals surface area contributed by atoms with Crippen molar-refractivity contribution >= 4 is 30.1 Å². The maximum atomic E-state index is 13.5. The summed E-state index contributed by atoms with van der Waals surface area (Å²) in [5.74, 6) is -4.05. The maximum absolute atomic E-state index is 13.5. The Hall–Kier alpha value is -1.14. The van der Waals surface area contributed by atoms with Gasteiger partial charge in [-0.15, -0.1) is 12.4 Å². The largest absolute Gasteiger partial charge is 0.443 e. The summed E-state index contributed by atoms with van der Waals surface area (Å²) in [5, 5.41) is 1.89. The highest BCUT2D eigenvalue weighted by atomic mass is 35.5. The molecule has 1 saturated heterocycles. The van der Waals surface area contributed by atoms with Crippen molar-refractivity contribution in [2.75, 3.05) is 6.61 Å². The summed E-state index contributed by atoms with van der Waals surface area (Å²) in [7, 11) is 0. The second kappa shape index (κ2) is 5.24. The highest BCUT2D eigenvalue weighted by Crippen LogP contribution is 2.37. The van der Waals surface area contributed by atoms with Crippen LogP contribution in [-0.4, -0.2) is 18.6 Å². The van der Waals surface area contributed by atoms with Crippen molar-refractivity contribution in [1.29, 1.82) is 0 Å². The summed E-state index contributed by atoms with van der Waals surface area (Å²) in [6, 6.07) is 1.38. The van der Waals surface area contributed by atoms with Gasteiger partial charge in [-0.1, -0.05) is 11.6 Å². The molecule has 2 rings (SSSR count). The maximum Gasteiger partial charge on any atom is 0.408 e. The van der Waals surface area contributed by atoms with Crippen LogP contribution in [0.15, 0.2) is 18.2 Å². The van der Waals surface area contributed by atoms with E-state index in [2.05, 4.69) is 4.74 Å². The summed E-state index contributed by atoms with van der Waals surface area (Å²) < 4.78 is 44.2. The number of nitrogens with one attached hydrogen (secondary N) is 1. The van der Waals surface area contributed by atoms with E-state index < -0.39 is 30.5 Å². The average molecular weight is 302 g/mol. The van der Waals surface area contributed by atoms with Gasteiger partial charge in [-0.2, -0.15) is 0 Å². The number of cyclic esters (lactones) is 1. The number of amides is 1. The van der Waals surface area contributed by atoms with Crippen LogP contribution in [0.5, 0.6) is 0 Å². The zero-order chi connectivity index (χ0) is 12.6. The van der Waals surface area contributed by atoms with Crippen LogP contribution in [0.25, 0.3) is 0 Å². The van der Waals surface area contributed by atoms with Crippen LogP contribution in [0, 0.1) is 5.82 Å². The van der Waals surface area contributed by atoms with Crippen LogP contribution in [0.3, 0.4) is 0 Å². The van der Waals surface area contributed by atoms with Crippen molar-refractivity contribution in [1.82, 2.24) is 5.32 Å². The molecule has 1 aliphatic rings. The van der Waals surface area contributed by atoms with Gasteiger partial charge in [0, 0.05) is 10.6 Å². The van der Waals surface area contributed by atoms with Crippen molar-refractivity contribution in [3.8, 4) is 0 Å². The third-order valence-corrected chi connectivity index (χ3v) is 2.69. The number of rotatable bonds is 1. The predicted molar refractivity (Wildman–Crippen MR) is 60.8 cm³/mol. The molecule has 1 fully saturated rings. The van der Waals surface area contributed by atoms with Crippen LogP contribution < -0.4 is 5.32 Å². The Kier molecular flexibility index (Phi) is 4.34. The summed E-state index contributed by atoms with van der Waals surface area (Å²) in [5.41, 5.74) is -0.173. The molecule has 1 atom stereocenters. The summed E-state index contributed by atoms with van der Waals surface area (Å²) in [6.45, 7) is -1.06. The number of alkyl halides is 2. The van der Waals surface area contributed by atoms with Gasteiger partial charge in [0.25, 0.3) is 0 Å². The van der Waals surface area contributed by atoms with E-state index in [9.17, 15) is 18.0 Å². The van der Waals surface area contributed by atoms with Gasteiger partial charge >= 0.3 is 12.0 Å². The van der Waals surface area contributed by atoms with E-state index in [1.807, 2.05) is 5.32 Å². The molecule has 0 radical (unpaired) electrons. The minimum atomic E-state index is -3.34. The first kappa shape index (κ1) is 14.9. The summed E-state index contributed by atoms with van der Waals surface area (Å²) in [4.78, 5) is 10.9. The van der Waals surface area contributed by atoms with Gasteiger partial charge < -0.3 is 10.1 Å². The van der Waals surface area contributed by atoms with Gasteiger partial charge in [-0.25, -0.2) is 18.0 Å². The Morgan fingerprint density at radius 2 is 2.11 bits per heavy atom. The van der Waals surface area contributed by atoms with E-state index in [1.54, 1.807) is 0 Å². The number of carbonyl (C=O) groups is 1. The fourth-order valence-corrected chi connectivity index (χ4v) is 1.78. The lowest BCUT2D eigenvalue weighted by Gasteiger charge is -2.32. The molecular weight excluding hydrogens is 294 g/mol. The monoisotopic (exact) mass is 301 g/mol. The fourth-order valence-electron chi connectivity index (χ4n) is 1.55. The average Bonchev–Trinajstić information content (AvgIpc) is 2.26. The van der Waals surface area contributed by atoms with Crippen LogP contribution in [0.1, 0.15) is 11.6 Å². The van der Waals surface area contributed by atoms with Crippen molar-refractivity contribution < 1.29 is 22.7 Å². The molecular formula is C10H8Cl2F3NO2. The first-order valence-corrected chi connectivity index (χ1v) is 5.04. The highest BCUT2D eigenvalue weighted by Gasteiger charge is 2.47. The zero-order valence-corrected chi connectivity index (χ0v) is 10.3. The summed E-state index contributed by atoms with van der Waals surface area (Å²) in [6.07, 6.45) is -0.985. The highest BCUT2D eigenvalue weighted by molar-refractivity contribution is 6.31. The quantitative estimate of drug-likeness (QED) is 0.864. The number of alkyl carbamates (subject to hydrolysis) is 1. The predicted octanol–water partition coefficient (Wildman–Crippen LogP) is 3.32. The summed E-state index contributed by atoms with van der Waals surface area (Å²) >= 11 is 5.71. The van der Waals surface area contributed by atoms with Gasteiger partial charge in [0.15, 0.2) is 6.61 Å². The number of hydrogen-bond acceptors (Lipinski definition) is 2. The van der Waals surface area contributed by atoms with Crippen molar-refractivity contribution in [3.63, 3.8) is 0 Å². The molecule has 0 bridgehead atoms. The van der Waals surface area contributed by atoms with Gasteiger partial charge in [-0.05, 0) is 18.2 Å². The van der Waals surface area contributed by atoms with Crippen LogP contribution in [-0.2, 0) is 4.74 Å². The van der Waals surface area contributed by atoms with Crippen LogP contribution >= 0.6 is 24.0 Å². The lowest BCUT2D eigenvalue weighted by Crippen LogP contribution is -2.49. The van der Waals surface area contributed by atoms with Gasteiger partial charge in [-0.3, -0.25) is 0 Å². The van der Waals surface area contributed by atoms with Crippen molar-refractivity contribution in [2.24, 2.45) is 0 Å². The number of ether oxygens (including phenoxy) is 1.